The minimum atomic E-state index is -0.995. The molecule has 1 aromatic heterocycles. The van der Waals surface area contributed by atoms with Crippen LogP contribution in [0.4, 0.5) is 0 Å². The molecular formula is C13H14N4O3. The van der Waals surface area contributed by atoms with Crippen molar-refractivity contribution in [3.63, 3.8) is 0 Å². The molecule has 0 unspecified atom stereocenters. The van der Waals surface area contributed by atoms with Crippen molar-refractivity contribution in [2.24, 2.45) is 0 Å². The van der Waals surface area contributed by atoms with Gasteiger partial charge in [-0.25, -0.2) is 4.68 Å². The molecule has 0 fully saturated rings. The average molecular weight is 274 g/mol. The van der Waals surface area contributed by atoms with Gasteiger partial charge in [0.1, 0.15) is 12.2 Å². The van der Waals surface area contributed by atoms with Crippen molar-refractivity contribution in [3.8, 4) is 0 Å². The summed E-state index contributed by atoms with van der Waals surface area (Å²) in [5.41, 5.74) is 2.08. The molecule has 1 aromatic carbocycles. The molecule has 7 nitrogen and oxygen atoms in total. The molecule has 0 radical (unpaired) electrons. The van der Waals surface area contributed by atoms with E-state index in [1.165, 1.54) is 10.9 Å². The van der Waals surface area contributed by atoms with Crippen LogP contribution in [0.3, 0.4) is 0 Å². The van der Waals surface area contributed by atoms with Gasteiger partial charge in [0.2, 0.25) is 0 Å². The van der Waals surface area contributed by atoms with Gasteiger partial charge in [-0.1, -0.05) is 22.9 Å². The molecule has 2 rings (SSSR count). The van der Waals surface area contributed by atoms with E-state index in [0.29, 0.717) is 11.3 Å². The van der Waals surface area contributed by atoms with Gasteiger partial charge < -0.3 is 10.4 Å². The summed E-state index contributed by atoms with van der Waals surface area (Å²) >= 11 is 0. The van der Waals surface area contributed by atoms with Crippen molar-refractivity contribution < 1.29 is 14.7 Å². The number of nitrogens with one attached hydrogen (secondary N) is 1. The highest BCUT2D eigenvalue weighted by Crippen LogP contribution is 2.04. The van der Waals surface area contributed by atoms with Crippen LogP contribution in [0.15, 0.2) is 30.5 Å². The summed E-state index contributed by atoms with van der Waals surface area (Å²) in [7, 11) is 0. The third-order valence-corrected chi connectivity index (χ3v) is 2.59. The minimum absolute atomic E-state index is 0.201. The van der Waals surface area contributed by atoms with Crippen LogP contribution in [0.5, 0.6) is 0 Å². The third kappa shape index (κ3) is 3.64. The van der Waals surface area contributed by atoms with E-state index < -0.39 is 5.97 Å². The number of hydrogen-bond acceptors (Lipinski definition) is 4. The summed E-state index contributed by atoms with van der Waals surface area (Å²) in [6.45, 7) is 1.86. The number of aryl methyl sites for hydroxylation is 1. The van der Waals surface area contributed by atoms with Crippen LogP contribution < -0.4 is 5.32 Å². The fourth-order valence-corrected chi connectivity index (χ4v) is 1.69. The van der Waals surface area contributed by atoms with Gasteiger partial charge in [0.25, 0.3) is 5.91 Å². The van der Waals surface area contributed by atoms with Crippen molar-refractivity contribution in [2.45, 2.75) is 20.0 Å². The number of carbonyl (C=O) groups is 2. The first kappa shape index (κ1) is 13.7. The number of carbonyl (C=O) groups excluding carboxylic acids is 1. The van der Waals surface area contributed by atoms with Gasteiger partial charge in [-0.3, -0.25) is 9.59 Å². The van der Waals surface area contributed by atoms with Crippen molar-refractivity contribution >= 4 is 11.9 Å². The summed E-state index contributed by atoms with van der Waals surface area (Å²) in [5, 5.41) is 18.8. The highest BCUT2D eigenvalue weighted by atomic mass is 16.4. The highest BCUT2D eigenvalue weighted by Gasteiger charge is 2.08. The number of aromatic nitrogens is 3. The molecule has 0 saturated carbocycles. The second-order valence-electron chi connectivity index (χ2n) is 4.35. The summed E-state index contributed by atoms with van der Waals surface area (Å²) in [4.78, 5) is 22.4. The van der Waals surface area contributed by atoms with Gasteiger partial charge in [-0.05, 0) is 19.1 Å². The Bertz CT molecular complexity index is 636. The SMILES string of the molecule is Cc1cccc(C(=O)NCc2cn(CC(=O)O)nn2)c1. The highest BCUT2D eigenvalue weighted by molar-refractivity contribution is 5.94. The first-order chi connectivity index (χ1) is 9.54. The van der Waals surface area contributed by atoms with Crippen molar-refractivity contribution in [2.75, 3.05) is 0 Å². The predicted molar refractivity (Wildman–Crippen MR) is 70.0 cm³/mol. The Morgan fingerprint density at radius 1 is 1.40 bits per heavy atom. The van der Waals surface area contributed by atoms with Crippen LogP contribution in [-0.2, 0) is 17.9 Å². The summed E-state index contributed by atoms with van der Waals surface area (Å²) < 4.78 is 1.20. The van der Waals surface area contributed by atoms with E-state index in [-0.39, 0.29) is 19.0 Å². The second-order valence-corrected chi connectivity index (χ2v) is 4.35. The van der Waals surface area contributed by atoms with Gasteiger partial charge in [0, 0.05) is 5.56 Å². The molecule has 7 heteroatoms. The molecule has 20 heavy (non-hydrogen) atoms. The first-order valence-corrected chi connectivity index (χ1v) is 6.00. The van der Waals surface area contributed by atoms with Gasteiger partial charge in [0.05, 0.1) is 12.7 Å². The molecular weight excluding hydrogens is 260 g/mol. The van der Waals surface area contributed by atoms with Gasteiger partial charge >= 0.3 is 5.97 Å². The molecule has 0 aliphatic carbocycles. The maximum Gasteiger partial charge on any atom is 0.325 e. The van der Waals surface area contributed by atoms with Crippen molar-refractivity contribution in [1.29, 1.82) is 0 Å². The Balaban J connectivity index is 1.93. The predicted octanol–water partition coefficient (Wildman–Crippen LogP) is 0.601. The Kier molecular flexibility index (Phi) is 4.09. The number of carboxylic acids is 1. The van der Waals surface area contributed by atoms with E-state index in [9.17, 15) is 9.59 Å². The monoisotopic (exact) mass is 274 g/mol. The molecule has 1 heterocycles. The van der Waals surface area contributed by atoms with Gasteiger partial charge in [-0.15, -0.1) is 5.10 Å². The zero-order valence-electron chi connectivity index (χ0n) is 10.9. The fraction of sp³-hybridized carbons (Fsp3) is 0.231. The Hall–Kier alpha value is -2.70. The van der Waals surface area contributed by atoms with Crippen LogP contribution in [0.1, 0.15) is 21.6 Å². The lowest BCUT2D eigenvalue weighted by molar-refractivity contribution is -0.137. The fourth-order valence-electron chi connectivity index (χ4n) is 1.69. The molecule has 104 valence electrons. The van der Waals surface area contributed by atoms with E-state index in [4.69, 9.17) is 5.11 Å². The largest absolute Gasteiger partial charge is 0.480 e. The van der Waals surface area contributed by atoms with Crippen LogP contribution >= 0.6 is 0 Å². The standard InChI is InChI=1S/C13H14N4O3/c1-9-3-2-4-10(5-9)13(20)14-6-11-7-17(16-15-11)8-12(18)19/h2-5,7H,6,8H2,1H3,(H,14,20)(H,18,19). The third-order valence-electron chi connectivity index (χ3n) is 2.59. The van der Waals surface area contributed by atoms with Crippen LogP contribution in [-0.4, -0.2) is 32.0 Å². The number of aliphatic carboxylic acids is 1. The summed E-state index contributed by atoms with van der Waals surface area (Å²) in [6, 6.07) is 7.24. The molecule has 2 aromatic rings. The molecule has 1 amide bonds. The zero-order chi connectivity index (χ0) is 14.5. The minimum Gasteiger partial charge on any atom is -0.480 e. The van der Waals surface area contributed by atoms with E-state index in [1.807, 2.05) is 19.1 Å². The molecule has 0 atom stereocenters. The number of benzene rings is 1. The zero-order valence-corrected chi connectivity index (χ0v) is 10.9. The number of amides is 1. The van der Waals surface area contributed by atoms with Crippen LogP contribution in [0.25, 0.3) is 0 Å². The Morgan fingerprint density at radius 3 is 2.90 bits per heavy atom. The number of carboxylic acid groups (broad SMARTS) is 1. The molecule has 0 bridgehead atoms. The number of hydrogen-bond donors (Lipinski definition) is 2. The number of nitrogens with zero attached hydrogens (tertiary/aromatic N) is 3. The maximum absolute atomic E-state index is 11.9. The van der Waals surface area contributed by atoms with E-state index in [2.05, 4.69) is 15.6 Å². The molecule has 0 aliphatic rings. The maximum atomic E-state index is 11.9. The van der Waals surface area contributed by atoms with E-state index in [0.717, 1.165) is 5.56 Å². The lowest BCUT2D eigenvalue weighted by atomic mass is 10.1. The van der Waals surface area contributed by atoms with Crippen LogP contribution in [0.2, 0.25) is 0 Å². The molecule has 2 N–H and O–H groups in total. The first-order valence-electron chi connectivity index (χ1n) is 6.00. The Morgan fingerprint density at radius 2 is 2.20 bits per heavy atom. The smallest absolute Gasteiger partial charge is 0.325 e. The summed E-state index contributed by atoms with van der Waals surface area (Å²) in [6.07, 6.45) is 1.49. The molecule has 0 spiro atoms. The second kappa shape index (κ2) is 5.96. The normalized spacial score (nSPS) is 10.2. The molecule has 0 saturated heterocycles. The number of rotatable bonds is 5. The Labute approximate surface area is 115 Å². The summed E-state index contributed by atoms with van der Waals surface area (Å²) in [5.74, 6) is -1.20. The topological polar surface area (TPSA) is 97.1 Å². The van der Waals surface area contributed by atoms with E-state index in [1.54, 1.807) is 12.1 Å². The molecule has 0 aliphatic heterocycles. The van der Waals surface area contributed by atoms with Crippen molar-refractivity contribution in [1.82, 2.24) is 20.3 Å². The average Bonchev–Trinajstić information content (AvgIpc) is 2.82. The lowest BCUT2D eigenvalue weighted by Gasteiger charge is -2.03. The lowest BCUT2D eigenvalue weighted by Crippen LogP contribution is -2.23. The quantitative estimate of drug-likeness (QED) is 0.832. The van der Waals surface area contributed by atoms with Crippen molar-refractivity contribution in [3.05, 3.63) is 47.3 Å². The van der Waals surface area contributed by atoms with Gasteiger partial charge in [0.15, 0.2) is 0 Å². The van der Waals surface area contributed by atoms with Gasteiger partial charge in [-0.2, -0.15) is 0 Å². The van der Waals surface area contributed by atoms with Crippen LogP contribution in [0, 0.1) is 6.92 Å². The van der Waals surface area contributed by atoms with E-state index >= 15 is 0 Å².